The summed E-state index contributed by atoms with van der Waals surface area (Å²) in [7, 11) is 0. The van der Waals surface area contributed by atoms with E-state index in [0.29, 0.717) is 29.5 Å². The second kappa shape index (κ2) is 7.66. The Morgan fingerprint density at radius 1 is 1.31 bits per heavy atom. The molecule has 1 aliphatic heterocycles. The quantitative estimate of drug-likeness (QED) is 0.841. The van der Waals surface area contributed by atoms with E-state index in [2.05, 4.69) is 5.32 Å². The maximum atomic E-state index is 12.6. The van der Waals surface area contributed by atoms with Crippen LogP contribution in [0.5, 0.6) is 11.5 Å². The molecule has 0 aromatic heterocycles. The molecular formula is C19H19ClN2O4. The number of nitrogens with one attached hydrogen (secondary N) is 1. The first-order valence-corrected chi connectivity index (χ1v) is 8.54. The lowest BCUT2D eigenvalue weighted by atomic mass is 9.96. The fraction of sp³-hybridized carbons (Fsp3) is 0.263. The number of aryl methyl sites for hydroxylation is 1. The van der Waals surface area contributed by atoms with Crippen LogP contribution in [0.4, 0.5) is 5.69 Å². The van der Waals surface area contributed by atoms with Crippen molar-refractivity contribution >= 4 is 29.1 Å². The SMILES string of the molecule is Cc1cc(OCC(N)=O)ccc1NC(=O)[C@@H]1COc2ccc(Cl)cc2C1. The molecule has 0 saturated carbocycles. The molecule has 6 nitrogen and oxygen atoms in total. The van der Waals surface area contributed by atoms with E-state index >= 15 is 0 Å². The molecule has 3 rings (SSSR count). The van der Waals surface area contributed by atoms with E-state index in [1.807, 2.05) is 19.1 Å². The predicted octanol–water partition coefficient (Wildman–Crippen LogP) is 2.70. The van der Waals surface area contributed by atoms with Gasteiger partial charge in [0.25, 0.3) is 5.91 Å². The zero-order valence-corrected chi connectivity index (χ0v) is 15.0. The minimum atomic E-state index is -0.544. The second-order valence-corrected chi connectivity index (χ2v) is 6.62. The molecule has 1 aliphatic rings. The topological polar surface area (TPSA) is 90.6 Å². The van der Waals surface area contributed by atoms with Crippen LogP contribution in [-0.2, 0) is 16.0 Å². The van der Waals surface area contributed by atoms with Crippen molar-refractivity contribution in [3.05, 3.63) is 52.5 Å². The van der Waals surface area contributed by atoms with E-state index in [0.717, 1.165) is 16.9 Å². The van der Waals surface area contributed by atoms with E-state index in [1.165, 1.54) is 0 Å². The maximum absolute atomic E-state index is 12.6. The minimum Gasteiger partial charge on any atom is -0.492 e. The minimum absolute atomic E-state index is 0.121. The number of carbonyl (C=O) groups is 2. The van der Waals surface area contributed by atoms with Crippen molar-refractivity contribution in [3.8, 4) is 11.5 Å². The average molecular weight is 375 g/mol. The van der Waals surface area contributed by atoms with Gasteiger partial charge in [-0.1, -0.05) is 11.6 Å². The molecule has 0 unspecified atom stereocenters. The lowest BCUT2D eigenvalue weighted by Gasteiger charge is -2.25. The molecule has 7 heteroatoms. The molecule has 2 aromatic carbocycles. The van der Waals surface area contributed by atoms with Crippen molar-refractivity contribution in [3.63, 3.8) is 0 Å². The van der Waals surface area contributed by atoms with Gasteiger partial charge in [0.05, 0.1) is 5.92 Å². The van der Waals surface area contributed by atoms with Gasteiger partial charge in [0.2, 0.25) is 5.91 Å². The van der Waals surface area contributed by atoms with Crippen LogP contribution in [0.3, 0.4) is 0 Å². The first-order valence-electron chi connectivity index (χ1n) is 8.16. The van der Waals surface area contributed by atoms with Gasteiger partial charge < -0.3 is 20.5 Å². The molecule has 0 radical (unpaired) electrons. The maximum Gasteiger partial charge on any atom is 0.255 e. The predicted molar refractivity (Wildman–Crippen MR) is 98.6 cm³/mol. The van der Waals surface area contributed by atoms with E-state index < -0.39 is 5.91 Å². The summed E-state index contributed by atoms with van der Waals surface area (Å²) >= 11 is 6.02. The highest BCUT2D eigenvalue weighted by molar-refractivity contribution is 6.30. The number of amides is 2. The Kier molecular flexibility index (Phi) is 5.32. The van der Waals surface area contributed by atoms with Gasteiger partial charge in [-0.3, -0.25) is 9.59 Å². The summed E-state index contributed by atoms with van der Waals surface area (Å²) in [4.78, 5) is 23.4. The van der Waals surface area contributed by atoms with Gasteiger partial charge in [-0.15, -0.1) is 0 Å². The van der Waals surface area contributed by atoms with Crippen molar-refractivity contribution in [2.45, 2.75) is 13.3 Å². The van der Waals surface area contributed by atoms with Crippen LogP contribution >= 0.6 is 11.6 Å². The lowest BCUT2D eigenvalue weighted by molar-refractivity contribution is -0.121. The number of fused-ring (bicyclic) bond motifs is 1. The fourth-order valence-corrected chi connectivity index (χ4v) is 2.98. The van der Waals surface area contributed by atoms with Crippen LogP contribution < -0.4 is 20.5 Å². The van der Waals surface area contributed by atoms with E-state index in [4.69, 9.17) is 26.8 Å². The lowest BCUT2D eigenvalue weighted by Crippen LogP contribution is -2.32. The zero-order valence-electron chi connectivity index (χ0n) is 14.3. The van der Waals surface area contributed by atoms with Crippen molar-refractivity contribution in [2.75, 3.05) is 18.5 Å². The molecule has 1 heterocycles. The largest absolute Gasteiger partial charge is 0.492 e. The normalized spacial score (nSPS) is 15.5. The second-order valence-electron chi connectivity index (χ2n) is 6.19. The molecule has 0 bridgehead atoms. The number of carbonyl (C=O) groups excluding carboxylic acids is 2. The number of halogens is 1. The summed E-state index contributed by atoms with van der Waals surface area (Å²) in [6.07, 6.45) is 0.570. The Balaban J connectivity index is 1.65. The van der Waals surface area contributed by atoms with Crippen LogP contribution in [0.15, 0.2) is 36.4 Å². The highest BCUT2D eigenvalue weighted by atomic mass is 35.5. The van der Waals surface area contributed by atoms with Gasteiger partial charge >= 0.3 is 0 Å². The van der Waals surface area contributed by atoms with Crippen LogP contribution in [0.25, 0.3) is 0 Å². The first kappa shape index (κ1) is 18.1. The number of nitrogens with two attached hydrogens (primary N) is 1. The molecular weight excluding hydrogens is 356 g/mol. The van der Waals surface area contributed by atoms with Crippen LogP contribution in [0.1, 0.15) is 11.1 Å². The highest BCUT2D eigenvalue weighted by Gasteiger charge is 2.26. The van der Waals surface area contributed by atoms with E-state index in [-0.39, 0.29) is 18.4 Å². The Bertz CT molecular complexity index is 853. The smallest absolute Gasteiger partial charge is 0.255 e. The average Bonchev–Trinajstić information content (AvgIpc) is 2.61. The molecule has 1 atom stereocenters. The summed E-state index contributed by atoms with van der Waals surface area (Å²) in [5, 5.41) is 3.54. The van der Waals surface area contributed by atoms with Crippen molar-refractivity contribution < 1.29 is 19.1 Å². The van der Waals surface area contributed by atoms with Crippen molar-refractivity contribution in [2.24, 2.45) is 11.7 Å². The number of primary amides is 1. The van der Waals surface area contributed by atoms with Crippen LogP contribution in [-0.4, -0.2) is 25.0 Å². The molecule has 0 fully saturated rings. The summed E-state index contributed by atoms with van der Waals surface area (Å²) in [6.45, 7) is 1.98. The number of ether oxygens (including phenoxy) is 2. The number of hydrogen-bond donors (Lipinski definition) is 2. The Morgan fingerprint density at radius 2 is 2.12 bits per heavy atom. The Labute approximate surface area is 156 Å². The van der Waals surface area contributed by atoms with Gasteiger partial charge in [0.15, 0.2) is 6.61 Å². The monoisotopic (exact) mass is 374 g/mol. The molecule has 2 aromatic rings. The van der Waals surface area contributed by atoms with Crippen LogP contribution in [0.2, 0.25) is 5.02 Å². The van der Waals surface area contributed by atoms with E-state index in [9.17, 15) is 9.59 Å². The van der Waals surface area contributed by atoms with Gasteiger partial charge in [0.1, 0.15) is 18.1 Å². The molecule has 0 saturated heterocycles. The van der Waals surface area contributed by atoms with Gasteiger partial charge in [-0.2, -0.15) is 0 Å². The Morgan fingerprint density at radius 3 is 2.85 bits per heavy atom. The summed E-state index contributed by atoms with van der Waals surface area (Å²) < 4.78 is 10.9. The summed E-state index contributed by atoms with van der Waals surface area (Å²) in [6, 6.07) is 10.6. The van der Waals surface area contributed by atoms with Crippen molar-refractivity contribution in [1.29, 1.82) is 0 Å². The molecule has 136 valence electrons. The molecule has 26 heavy (non-hydrogen) atoms. The third kappa shape index (κ3) is 4.26. The first-order chi connectivity index (χ1) is 12.4. The molecule has 0 spiro atoms. The number of rotatable bonds is 5. The molecule has 2 amide bonds. The third-order valence-corrected chi connectivity index (χ3v) is 4.37. The Hall–Kier alpha value is -2.73. The fourth-order valence-electron chi connectivity index (χ4n) is 2.79. The van der Waals surface area contributed by atoms with Gasteiger partial charge in [-0.05, 0) is 60.9 Å². The van der Waals surface area contributed by atoms with Gasteiger partial charge in [-0.25, -0.2) is 0 Å². The molecule has 0 aliphatic carbocycles. The summed E-state index contributed by atoms with van der Waals surface area (Å²) in [5.74, 6) is 0.322. The number of anilines is 1. The van der Waals surface area contributed by atoms with Gasteiger partial charge in [0, 0.05) is 10.7 Å². The number of hydrogen-bond acceptors (Lipinski definition) is 4. The van der Waals surface area contributed by atoms with Crippen LogP contribution in [0, 0.1) is 12.8 Å². The molecule has 3 N–H and O–H groups in total. The highest BCUT2D eigenvalue weighted by Crippen LogP contribution is 2.30. The van der Waals surface area contributed by atoms with Crippen molar-refractivity contribution in [1.82, 2.24) is 0 Å². The zero-order chi connectivity index (χ0) is 18.7. The summed E-state index contributed by atoms with van der Waals surface area (Å²) in [5.41, 5.74) is 7.48. The standard InChI is InChI=1S/C19H19ClN2O4/c1-11-6-15(25-10-18(21)23)3-4-16(11)22-19(24)13-7-12-8-14(20)2-5-17(12)26-9-13/h2-6,8,13H,7,9-10H2,1H3,(H2,21,23)(H,22,24)/t13-/m0/s1. The van der Waals surface area contributed by atoms with E-state index in [1.54, 1.807) is 24.3 Å². The number of benzene rings is 2. The third-order valence-electron chi connectivity index (χ3n) is 4.14.